The van der Waals surface area contributed by atoms with Gasteiger partial charge in [0.25, 0.3) is 0 Å². The number of hydrogen-bond acceptors (Lipinski definition) is 6. The summed E-state index contributed by atoms with van der Waals surface area (Å²) in [6, 6.07) is 5.97. The van der Waals surface area contributed by atoms with Gasteiger partial charge in [-0.1, -0.05) is 11.2 Å². The summed E-state index contributed by atoms with van der Waals surface area (Å²) < 4.78 is 7.34. The summed E-state index contributed by atoms with van der Waals surface area (Å²) in [5.41, 5.74) is 3.67. The predicted octanol–water partition coefficient (Wildman–Crippen LogP) is 3.81. The molecule has 0 atom stereocenters. The Morgan fingerprint density at radius 1 is 1.43 bits per heavy atom. The standard InChI is InChI=1S/C16H18N4O2S/c1-11-7-13(3)20(18-11)8-12(2)19-22-10-14-9-21-16(17-14)15-5-4-6-23-15/h4-7,9H,8,10H2,1-3H3. The number of nitrogens with zero attached hydrogens (tertiary/aromatic N) is 4. The van der Waals surface area contributed by atoms with E-state index in [-0.39, 0.29) is 6.61 Å². The molecule has 0 aliphatic rings. The molecule has 0 radical (unpaired) electrons. The number of oxazole rings is 1. The Bertz CT molecular complexity index is 802. The maximum Gasteiger partial charge on any atom is 0.236 e. The van der Waals surface area contributed by atoms with Gasteiger partial charge in [0.15, 0.2) is 6.61 Å². The first-order valence-corrected chi connectivity index (χ1v) is 8.14. The molecule has 0 amide bonds. The van der Waals surface area contributed by atoms with Gasteiger partial charge in [-0.15, -0.1) is 11.3 Å². The minimum atomic E-state index is 0.281. The Balaban J connectivity index is 1.55. The monoisotopic (exact) mass is 330 g/mol. The lowest BCUT2D eigenvalue weighted by molar-refractivity contribution is 0.126. The van der Waals surface area contributed by atoms with Crippen molar-refractivity contribution in [2.75, 3.05) is 0 Å². The average molecular weight is 330 g/mol. The highest BCUT2D eigenvalue weighted by molar-refractivity contribution is 7.13. The molecule has 6 nitrogen and oxygen atoms in total. The van der Waals surface area contributed by atoms with Crippen LogP contribution in [0.25, 0.3) is 10.8 Å². The molecule has 3 rings (SSSR count). The van der Waals surface area contributed by atoms with Crippen molar-refractivity contribution in [3.05, 3.63) is 46.9 Å². The van der Waals surface area contributed by atoms with Gasteiger partial charge in [-0.05, 0) is 38.3 Å². The molecular formula is C16H18N4O2S. The SMILES string of the molecule is CC(Cn1nc(C)cc1C)=NOCc1coc(-c2cccs2)n1. The molecule has 0 bridgehead atoms. The lowest BCUT2D eigenvalue weighted by Gasteiger charge is -2.03. The molecule has 7 heteroatoms. The second-order valence-electron chi connectivity index (χ2n) is 5.31. The fraction of sp³-hybridized carbons (Fsp3) is 0.312. The van der Waals surface area contributed by atoms with Crippen molar-refractivity contribution in [2.45, 2.75) is 33.9 Å². The molecule has 0 saturated carbocycles. The molecule has 0 unspecified atom stereocenters. The maximum absolute atomic E-state index is 5.44. The number of hydrogen-bond donors (Lipinski definition) is 0. The van der Waals surface area contributed by atoms with Gasteiger partial charge in [0.2, 0.25) is 5.89 Å². The van der Waals surface area contributed by atoms with E-state index in [2.05, 4.69) is 15.2 Å². The first-order valence-electron chi connectivity index (χ1n) is 7.26. The van der Waals surface area contributed by atoms with Gasteiger partial charge in [-0.3, -0.25) is 4.68 Å². The molecular weight excluding hydrogens is 312 g/mol. The first kappa shape index (κ1) is 15.5. The van der Waals surface area contributed by atoms with E-state index in [1.807, 2.05) is 49.0 Å². The predicted molar refractivity (Wildman–Crippen MR) is 89.4 cm³/mol. The van der Waals surface area contributed by atoms with E-state index < -0.39 is 0 Å². The molecule has 120 valence electrons. The van der Waals surface area contributed by atoms with Crippen LogP contribution in [0.5, 0.6) is 0 Å². The van der Waals surface area contributed by atoms with Crippen LogP contribution in [0.15, 0.2) is 39.4 Å². The van der Waals surface area contributed by atoms with Gasteiger partial charge in [0.05, 0.1) is 22.8 Å². The normalized spacial score (nSPS) is 11.9. The Labute approximate surface area is 138 Å². The topological polar surface area (TPSA) is 65.4 Å². The second kappa shape index (κ2) is 6.78. The fourth-order valence-electron chi connectivity index (χ4n) is 2.18. The maximum atomic E-state index is 5.44. The van der Waals surface area contributed by atoms with Gasteiger partial charge < -0.3 is 9.25 Å². The van der Waals surface area contributed by atoms with E-state index in [1.54, 1.807) is 17.6 Å². The summed E-state index contributed by atoms with van der Waals surface area (Å²) in [6.45, 7) is 6.80. The third-order valence-electron chi connectivity index (χ3n) is 3.20. The number of rotatable bonds is 6. The van der Waals surface area contributed by atoms with Gasteiger partial charge in [0.1, 0.15) is 12.0 Å². The van der Waals surface area contributed by atoms with Crippen LogP contribution in [0.2, 0.25) is 0 Å². The van der Waals surface area contributed by atoms with E-state index in [4.69, 9.17) is 9.25 Å². The molecule has 0 aliphatic heterocycles. The number of aromatic nitrogens is 3. The van der Waals surface area contributed by atoms with Crippen LogP contribution in [0.4, 0.5) is 0 Å². The molecule has 0 aromatic carbocycles. The van der Waals surface area contributed by atoms with Crippen LogP contribution in [-0.2, 0) is 18.0 Å². The van der Waals surface area contributed by atoms with E-state index in [9.17, 15) is 0 Å². The molecule has 0 N–H and O–H groups in total. The number of thiophene rings is 1. The van der Waals surface area contributed by atoms with Crippen LogP contribution >= 0.6 is 11.3 Å². The summed E-state index contributed by atoms with van der Waals surface area (Å²) in [4.78, 5) is 10.7. The lowest BCUT2D eigenvalue weighted by atomic mass is 10.4. The average Bonchev–Trinajstić information content (AvgIpc) is 3.21. The Morgan fingerprint density at radius 3 is 3.00 bits per heavy atom. The van der Waals surface area contributed by atoms with Crippen molar-refractivity contribution in [3.8, 4) is 10.8 Å². The number of aryl methyl sites for hydroxylation is 2. The van der Waals surface area contributed by atoms with E-state index in [0.29, 0.717) is 12.4 Å². The lowest BCUT2D eigenvalue weighted by Crippen LogP contribution is -2.10. The zero-order valence-electron chi connectivity index (χ0n) is 13.3. The van der Waals surface area contributed by atoms with Crippen molar-refractivity contribution < 1.29 is 9.25 Å². The molecule has 0 aliphatic carbocycles. The first-order chi connectivity index (χ1) is 11.1. The summed E-state index contributed by atoms with van der Waals surface area (Å²) in [7, 11) is 0. The van der Waals surface area contributed by atoms with Gasteiger partial charge >= 0.3 is 0 Å². The Morgan fingerprint density at radius 2 is 2.30 bits per heavy atom. The summed E-state index contributed by atoms with van der Waals surface area (Å²) in [6.07, 6.45) is 1.60. The van der Waals surface area contributed by atoms with Crippen molar-refractivity contribution in [1.82, 2.24) is 14.8 Å². The van der Waals surface area contributed by atoms with Gasteiger partial charge in [0, 0.05) is 5.69 Å². The molecule has 3 aromatic rings. The van der Waals surface area contributed by atoms with E-state index in [1.165, 1.54) is 0 Å². The van der Waals surface area contributed by atoms with Crippen molar-refractivity contribution >= 4 is 17.0 Å². The molecule has 0 spiro atoms. The molecule has 3 aromatic heterocycles. The fourth-order valence-corrected chi connectivity index (χ4v) is 2.83. The molecule has 23 heavy (non-hydrogen) atoms. The highest BCUT2D eigenvalue weighted by atomic mass is 32.1. The van der Waals surface area contributed by atoms with Gasteiger partial charge in [-0.25, -0.2) is 4.98 Å². The zero-order chi connectivity index (χ0) is 16.2. The third kappa shape index (κ3) is 3.87. The minimum Gasteiger partial charge on any atom is -0.443 e. The quantitative estimate of drug-likeness (QED) is 0.509. The summed E-state index contributed by atoms with van der Waals surface area (Å²) in [5.74, 6) is 0.613. The van der Waals surface area contributed by atoms with Crippen LogP contribution in [0.3, 0.4) is 0 Å². The highest BCUT2D eigenvalue weighted by Gasteiger charge is 2.08. The van der Waals surface area contributed by atoms with Crippen molar-refractivity contribution in [2.24, 2.45) is 5.16 Å². The Kier molecular flexibility index (Phi) is 4.57. The minimum absolute atomic E-state index is 0.281. The molecule has 3 heterocycles. The summed E-state index contributed by atoms with van der Waals surface area (Å²) in [5, 5.41) is 10.5. The van der Waals surface area contributed by atoms with Crippen molar-refractivity contribution in [3.63, 3.8) is 0 Å². The van der Waals surface area contributed by atoms with Crippen LogP contribution in [0.1, 0.15) is 24.0 Å². The van der Waals surface area contributed by atoms with E-state index in [0.717, 1.165) is 27.7 Å². The van der Waals surface area contributed by atoms with Crippen LogP contribution < -0.4 is 0 Å². The third-order valence-corrected chi connectivity index (χ3v) is 4.06. The Hall–Kier alpha value is -2.41. The molecule has 0 saturated heterocycles. The van der Waals surface area contributed by atoms with E-state index >= 15 is 0 Å². The van der Waals surface area contributed by atoms with Crippen LogP contribution in [0, 0.1) is 13.8 Å². The smallest absolute Gasteiger partial charge is 0.236 e. The largest absolute Gasteiger partial charge is 0.443 e. The van der Waals surface area contributed by atoms with Crippen molar-refractivity contribution in [1.29, 1.82) is 0 Å². The highest BCUT2D eigenvalue weighted by Crippen LogP contribution is 2.23. The van der Waals surface area contributed by atoms with Gasteiger partial charge in [-0.2, -0.15) is 5.10 Å². The second-order valence-corrected chi connectivity index (χ2v) is 6.25. The molecule has 0 fully saturated rings. The van der Waals surface area contributed by atoms with Crippen LogP contribution in [-0.4, -0.2) is 20.5 Å². The zero-order valence-corrected chi connectivity index (χ0v) is 14.1. The summed E-state index contributed by atoms with van der Waals surface area (Å²) >= 11 is 1.59. The number of oxime groups is 1.